The summed E-state index contributed by atoms with van der Waals surface area (Å²) in [6.07, 6.45) is 2.43. The molecule has 2 atom stereocenters. The number of hydrogen-bond donors (Lipinski definition) is 2. The highest BCUT2D eigenvalue weighted by molar-refractivity contribution is 5.97. The van der Waals surface area contributed by atoms with Crippen LogP contribution in [0.5, 0.6) is 0 Å². The molecule has 6 heteroatoms. The van der Waals surface area contributed by atoms with E-state index in [1.165, 1.54) is 11.1 Å². The molecule has 25 heavy (non-hydrogen) atoms. The number of nitrogens with zero attached hydrogens (tertiary/aromatic N) is 2. The lowest BCUT2D eigenvalue weighted by atomic mass is 10.00. The van der Waals surface area contributed by atoms with Gasteiger partial charge >= 0.3 is 0 Å². The van der Waals surface area contributed by atoms with Gasteiger partial charge in [-0.3, -0.25) is 14.5 Å². The summed E-state index contributed by atoms with van der Waals surface area (Å²) in [5.41, 5.74) is 7.99. The Morgan fingerprint density at radius 2 is 1.92 bits per heavy atom. The van der Waals surface area contributed by atoms with Crippen molar-refractivity contribution < 1.29 is 9.59 Å². The average Bonchev–Trinajstić information content (AvgIpc) is 2.61. The highest BCUT2D eigenvalue weighted by atomic mass is 16.2. The van der Waals surface area contributed by atoms with E-state index >= 15 is 0 Å². The van der Waals surface area contributed by atoms with Gasteiger partial charge in [-0.1, -0.05) is 29.8 Å². The Hall–Kier alpha value is -1.92. The number of carbonyl (C=O) groups is 2. The fraction of sp³-hybridized carbons (Fsp3) is 0.579. The molecule has 0 radical (unpaired) electrons. The van der Waals surface area contributed by atoms with E-state index in [4.69, 9.17) is 5.73 Å². The minimum absolute atomic E-state index is 0.0223. The van der Waals surface area contributed by atoms with Gasteiger partial charge in [0.2, 0.25) is 11.8 Å². The highest BCUT2D eigenvalue weighted by Crippen LogP contribution is 2.20. The van der Waals surface area contributed by atoms with Crippen molar-refractivity contribution >= 4 is 11.8 Å². The van der Waals surface area contributed by atoms with Crippen LogP contribution in [0.2, 0.25) is 0 Å². The molecule has 2 heterocycles. The van der Waals surface area contributed by atoms with E-state index in [9.17, 15) is 9.59 Å². The van der Waals surface area contributed by atoms with Gasteiger partial charge in [0.15, 0.2) is 0 Å². The third-order valence-electron chi connectivity index (χ3n) is 5.14. The van der Waals surface area contributed by atoms with Crippen molar-refractivity contribution in [2.75, 3.05) is 26.2 Å². The van der Waals surface area contributed by atoms with Crippen LogP contribution in [0.3, 0.4) is 0 Å². The summed E-state index contributed by atoms with van der Waals surface area (Å²) in [6, 6.07) is 7.72. The van der Waals surface area contributed by atoms with Crippen molar-refractivity contribution in [1.82, 2.24) is 15.1 Å². The number of aryl methyl sites for hydroxylation is 1. The first-order chi connectivity index (χ1) is 12.1. The molecule has 0 aromatic heterocycles. The van der Waals surface area contributed by atoms with Crippen LogP contribution in [0.1, 0.15) is 30.4 Å². The number of nitrogens with one attached hydrogen (secondary N) is 1. The molecule has 1 aromatic rings. The maximum atomic E-state index is 12.7. The highest BCUT2D eigenvalue weighted by Gasteiger charge is 2.42. The van der Waals surface area contributed by atoms with Gasteiger partial charge in [-0.05, 0) is 38.3 Å². The number of fused-ring (bicyclic) bond motifs is 1. The molecule has 2 aliphatic rings. The quantitative estimate of drug-likeness (QED) is 0.742. The van der Waals surface area contributed by atoms with Crippen LogP contribution in [0, 0.1) is 6.92 Å². The van der Waals surface area contributed by atoms with Gasteiger partial charge in [0.05, 0.1) is 0 Å². The van der Waals surface area contributed by atoms with Crippen LogP contribution in [0.4, 0.5) is 0 Å². The monoisotopic (exact) mass is 344 g/mol. The number of unbranched alkanes of at least 4 members (excludes halogenated alkanes) is 1. The summed E-state index contributed by atoms with van der Waals surface area (Å²) < 4.78 is 0. The van der Waals surface area contributed by atoms with Crippen LogP contribution in [-0.2, 0) is 16.1 Å². The van der Waals surface area contributed by atoms with E-state index in [0.29, 0.717) is 26.1 Å². The molecule has 0 aliphatic carbocycles. The minimum atomic E-state index is -0.376. The molecule has 0 unspecified atom stereocenters. The molecule has 6 nitrogen and oxygen atoms in total. The number of piperazine rings is 2. The van der Waals surface area contributed by atoms with Gasteiger partial charge in [-0.25, -0.2) is 0 Å². The first-order valence-corrected chi connectivity index (χ1v) is 9.17. The van der Waals surface area contributed by atoms with Gasteiger partial charge < -0.3 is 16.0 Å². The van der Waals surface area contributed by atoms with Gasteiger partial charge in [-0.2, -0.15) is 0 Å². The maximum Gasteiger partial charge on any atom is 0.245 e. The second-order valence-corrected chi connectivity index (χ2v) is 7.11. The number of nitrogens with two attached hydrogens (primary N) is 1. The molecule has 0 spiro atoms. The van der Waals surface area contributed by atoms with Crippen LogP contribution in [-0.4, -0.2) is 59.9 Å². The molecule has 0 bridgehead atoms. The molecule has 1 aromatic carbocycles. The predicted octanol–water partition coefficient (Wildman–Crippen LogP) is 0.635. The van der Waals surface area contributed by atoms with Crippen molar-refractivity contribution in [2.24, 2.45) is 5.73 Å². The second-order valence-electron chi connectivity index (χ2n) is 7.11. The van der Waals surface area contributed by atoms with E-state index in [-0.39, 0.29) is 23.9 Å². The number of rotatable bonds is 6. The summed E-state index contributed by atoms with van der Waals surface area (Å²) in [4.78, 5) is 29.2. The molecule has 0 saturated carbocycles. The van der Waals surface area contributed by atoms with E-state index in [1.807, 2.05) is 0 Å². The molecule has 136 valence electrons. The lowest BCUT2D eigenvalue weighted by molar-refractivity contribution is -0.153. The first-order valence-electron chi connectivity index (χ1n) is 9.17. The van der Waals surface area contributed by atoms with Crippen LogP contribution in [0.25, 0.3) is 0 Å². The van der Waals surface area contributed by atoms with Gasteiger partial charge in [-0.15, -0.1) is 0 Å². The summed E-state index contributed by atoms with van der Waals surface area (Å²) >= 11 is 0. The summed E-state index contributed by atoms with van der Waals surface area (Å²) in [6.45, 7) is 5.53. The molecule has 2 aliphatic heterocycles. The third kappa shape index (κ3) is 4.19. The molecule has 2 fully saturated rings. The van der Waals surface area contributed by atoms with Crippen molar-refractivity contribution in [3.8, 4) is 0 Å². The van der Waals surface area contributed by atoms with Gasteiger partial charge in [0.25, 0.3) is 0 Å². The summed E-state index contributed by atoms with van der Waals surface area (Å²) in [5, 5.41) is 2.92. The van der Waals surface area contributed by atoms with Crippen molar-refractivity contribution in [3.63, 3.8) is 0 Å². The zero-order chi connectivity index (χ0) is 17.8. The number of carbonyl (C=O) groups excluding carboxylic acids is 2. The number of hydrogen-bond acceptors (Lipinski definition) is 4. The fourth-order valence-corrected chi connectivity index (χ4v) is 3.64. The van der Waals surface area contributed by atoms with Crippen LogP contribution in [0.15, 0.2) is 24.3 Å². The topological polar surface area (TPSA) is 78.7 Å². The van der Waals surface area contributed by atoms with Gasteiger partial charge in [0, 0.05) is 26.2 Å². The summed E-state index contributed by atoms with van der Waals surface area (Å²) in [5.74, 6) is 0.0440. The van der Waals surface area contributed by atoms with Gasteiger partial charge in [0.1, 0.15) is 12.1 Å². The molecular weight excluding hydrogens is 316 g/mol. The van der Waals surface area contributed by atoms with Crippen molar-refractivity contribution in [1.29, 1.82) is 0 Å². The Morgan fingerprint density at radius 1 is 1.16 bits per heavy atom. The average molecular weight is 344 g/mol. The normalized spacial score (nSPS) is 24.2. The standard InChI is InChI=1S/C19H28N4O2/c1-14-5-7-15(8-6-14)12-22-10-11-23-17(13-22)18(24)21-16(19(23)25)4-2-3-9-20/h5-8,16-17H,2-4,9-13,20H2,1H3,(H,21,24)/t16-,17+/m0/s1. The Morgan fingerprint density at radius 3 is 2.64 bits per heavy atom. The molecular formula is C19H28N4O2. The molecule has 2 amide bonds. The summed E-state index contributed by atoms with van der Waals surface area (Å²) in [7, 11) is 0. The third-order valence-corrected chi connectivity index (χ3v) is 5.14. The maximum absolute atomic E-state index is 12.7. The zero-order valence-corrected chi connectivity index (χ0v) is 14.9. The predicted molar refractivity (Wildman–Crippen MR) is 96.8 cm³/mol. The molecule has 2 saturated heterocycles. The van der Waals surface area contributed by atoms with E-state index in [1.54, 1.807) is 4.90 Å². The van der Waals surface area contributed by atoms with Crippen molar-refractivity contribution in [2.45, 2.75) is 44.8 Å². The fourth-order valence-electron chi connectivity index (χ4n) is 3.64. The first kappa shape index (κ1) is 17.9. The second kappa shape index (κ2) is 7.97. The van der Waals surface area contributed by atoms with Crippen LogP contribution < -0.4 is 11.1 Å². The van der Waals surface area contributed by atoms with E-state index in [2.05, 4.69) is 41.4 Å². The number of benzene rings is 1. The Balaban J connectivity index is 1.59. The lowest BCUT2D eigenvalue weighted by Crippen LogP contribution is -2.69. The Labute approximate surface area is 149 Å². The minimum Gasteiger partial charge on any atom is -0.342 e. The largest absolute Gasteiger partial charge is 0.342 e. The Kier molecular flexibility index (Phi) is 5.71. The Bertz CT molecular complexity index is 616. The lowest BCUT2D eigenvalue weighted by Gasteiger charge is -2.45. The van der Waals surface area contributed by atoms with E-state index < -0.39 is 0 Å². The number of amides is 2. The van der Waals surface area contributed by atoms with Crippen molar-refractivity contribution in [3.05, 3.63) is 35.4 Å². The zero-order valence-electron chi connectivity index (χ0n) is 14.9. The smallest absolute Gasteiger partial charge is 0.245 e. The SMILES string of the molecule is Cc1ccc(CN2CCN3C(=O)[C@H](CCCCN)NC(=O)[C@H]3C2)cc1. The molecule has 3 N–H and O–H groups in total. The molecule has 3 rings (SSSR count). The van der Waals surface area contributed by atoms with E-state index in [0.717, 1.165) is 25.9 Å². The van der Waals surface area contributed by atoms with Crippen LogP contribution >= 0.6 is 0 Å².